The first-order valence-electron chi connectivity index (χ1n) is 9.75. The summed E-state index contributed by atoms with van der Waals surface area (Å²) in [6.07, 6.45) is 0. The lowest BCUT2D eigenvalue weighted by atomic mass is 10.1. The molecule has 0 aliphatic carbocycles. The van der Waals surface area contributed by atoms with E-state index in [9.17, 15) is 0 Å². The van der Waals surface area contributed by atoms with E-state index in [-0.39, 0.29) is 13.2 Å². The van der Waals surface area contributed by atoms with Gasteiger partial charge < -0.3 is 14.8 Å². The van der Waals surface area contributed by atoms with Crippen LogP contribution in [0.25, 0.3) is 0 Å². The Hall–Kier alpha value is -3.71. The number of benzene rings is 2. The van der Waals surface area contributed by atoms with E-state index in [4.69, 9.17) is 20.0 Å². The lowest BCUT2D eigenvalue weighted by molar-refractivity contribution is -0.254. The fourth-order valence-electron chi connectivity index (χ4n) is 3.08. The zero-order valence-corrected chi connectivity index (χ0v) is 18.6. The first kappa shape index (κ1) is 23.9. The molecule has 2 aromatic carbocycles. The van der Waals surface area contributed by atoms with Crippen molar-refractivity contribution in [2.75, 3.05) is 19.5 Å². The van der Waals surface area contributed by atoms with Gasteiger partial charge in [-0.3, -0.25) is 10.5 Å². The Morgan fingerprint density at radius 3 is 1.94 bits per heavy atom. The number of azo groups is 1. The van der Waals surface area contributed by atoms with Crippen molar-refractivity contribution in [2.24, 2.45) is 10.2 Å². The molecule has 1 heterocycles. The monoisotopic (exact) mass is 456 g/mol. The van der Waals surface area contributed by atoms with Crippen molar-refractivity contribution in [1.29, 1.82) is 0 Å². The van der Waals surface area contributed by atoms with Crippen molar-refractivity contribution in [3.05, 3.63) is 53.1 Å². The van der Waals surface area contributed by atoms with Crippen molar-refractivity contribution in [3.8, 4) is 11.5 Å². The van der Waals surface area contributed by atoms with Crippen LogP contribution >= 0.6 is 0 Å². The molecule has 0 spiro atoms. The molecule has 3 rings (SSSR count). The molecule has 0 fully saturated rings. The van der Waals surface area contributed by atoms with Crippen molar-refractivity contribution in [3.63, 3.8) is 0 Å². The molecule has 0 saturated carbocycles. The minimum Gasteiger partial charge on any atom is -0.494 e. The van der Waals surface area contributed by atoms with Gasteiger partial charge in [0.25, 0.3) is 0 Å². The lowest BCUT2D eigenvalue weighted by Gasteiger charge is -2.13. The Morgan fingerprint density at radius 2 is 1.39 bits per heavy atom. The molecule has 0 aliphatic rings. The Balaban J connectivity index is 1.94. The van der Waals surface area contributed by atoms with Gasteiger partial charge >= 0.3 is 0 Å². The molecule has 12 heteroatoms. The molecule has 12 nitrogen and oxygen atoms in total. The molecule has 0 unspecified atom stereocenters. The summed E-state index contributed by atoms with van der Waals surface area (Å²) >= 11 is 0. The number of nitrogens with one attached hydrogen (secondary N) is 1. The van der Waals surface area contributed by atoms with Crippen LogP contribution in [0.2, 0.25) is 0 Å². The molecule has 3 aromatic rings. The third kappa shape index (κ3) is 6.40. The van der Waals surface area contributed by atoms with E-state index in [0.29, 0.717) is 57.3 Å². The predicted octanol–water partition coefficient (Wildman–Crippen LogP) is 4.64. The summed E-state index contributed by atoms with van der Waals surface area (Å²) in [5.41, 5.74) is 2.67. The van der Waals surface area contributed by atoms with Crippen LogP contribution in [0.5, 0.6) is 11.5 Å². The van der Waals surface area contributed by atoms with Crippen molar-refractivity contribution >= 4 is 23.0 Å². The SMILES string of the molecule is COc1cc(Nc2nc(C)nc(C)n2)c(OC)cc1N=Nc1cc(COO)cc(COO)c1. The number of aryl methyl sites for hydroxylation is 2. The molecular weight excluding hydrogens is 432 g/mol. The minimum atomic E-state index is -0.0602. The van der Waals surface area contributed by atoms with E-state index in [2.05, 4.69) is 40.3 Å². The van der Waals surface area contributed by atoms with Gasteiger partial charge in [0.2, 0.25) is 5.95 Å². The van der Waals surface area contributed by atoms with Crippen LogP contribution in [-0.4, -0.2) is 39.7 Å². The van der Waals surface area contributed by atoms with Crippen LogP contribution < -0.4 is 14.8 Å². The van der Waals surface area contributed by atoms with Gasteiger partial charge in [0.1, 0.15) is 42.0 Å². The lowest BCUT2D eigenvalue weighted by Crippen LogP contribution is -2.04. The number of nitrogens with zero attached hydrogens (tertiary/aromatic N) is 5. The molecular formula is C21H24N6O6. The van der Waals surface area contributed by atoms with E-state index in [1.807, 2.05) is 0 Å². The summed E-state index contributed by atoms with van der Waals surface area (Å²) in [7, 11) is 3.04. The van der Waals surface area contributed by atoms with Crippen molar-refractivity contribution < 1.29 is 29.8 Å². The number of hydrogen-bond donors (Lipinski definition) is 3. The predicted molar refractivity (Wildman–Crippen MR) is 118 cm³/mol. The van der Waals surface area contributed by atoms with Crippen molar-refractivity contribution in [2.45, 2.75) is 27.1 Å². The van der Waals surface area contributed by atoms with E-state index in [0.717, 1.165) is 0 Å². The van der Waals surface area contributed by atoms with Gasteiger partial charge in [0.15, 0.2) is 0 Å². The van der Waals surface area contributed by atoms with E-state index < -0.39 is 0 Å². The van der Waals surface area contributed by atoms with Gasteiger partial charge in [-0.15, -0.1) is 5.11 Å². The highest BCUT2D eigenvalue weighted by molar-refractivity contribution is 5.71. The summed E-state index contributed by atoms with van der Waals surface area (Å²) in [5.74, 6) is 2.44. The third-order valence-electron chi connectivity index (χ3n) is 4.38. The highest BCUT2D eigenvalue weighted by Gasteiger charge is 2.13. The minimum absolute atomic E-state index is 0.0602. The quantitative estimate of drug-likeness (QED) is 0.223. The Morgan fingerprint density at radius 1 is 0.788 bits per heavy atom. The molecule has 0 bridgehead atoms. The van der Waals surface area contributed by atoms with E-state index in [1.165, 1.54) is 14.2 Å². The fraction of sp³-hybridized carbons (Fsp3) is 0.286. The third-order valence-corrected chi connectivity index (χ3v) is 4.38. The number of methoxy groups -OCH3 is 2. The maximum Gasteiger partial charge on any atom is 0.230 e. The largest absolute Gasteiger partial charge is 0.494 e. The van der Waals surface area contributed by atoms with E-state index in [1.54, 1.807) is 44.2 Å². The normalized spacial score (nSPS) is 11.1. The van der Waals surface area contributed by atoms with Crippen LogP contribution in [0.15, 0.2) is 40.6 Å². The molecule has 0 amide bonds. The highest BCUT2D eigenvalue weighted by atomic mass is 17.1. The molecule has 33 heavy (non-hydrogen) atoms. The Bertz CT molecular complexity index is 1100. The van der Waals surface area contributed by atoms with Crippen LogP contribution in [0.4, 0.5) is 23.0 Å². The highest BCUT2D eigenvalue weighted by Crippen LogP contribution is 2.39. The summed E-state index contributed by atoms with van der Waals surface area (Å²) < 4.78 is 11.0. The van der Waals surface area contributed by atoms with Gasteiger partial charge in [-0.25, -0.2) is 14.8 Å². The molecule has 0 saturated heterocycles. The molecule has 0 atom stereocenters. The van der Waals surface area contributed by atoms with Crippen LogP contribution in [0, 0.1) is 13.8 Å². The summed E-state index contributed by atoms with van der Waals surface area (Å²) in [4.78, 5) is 21.1. The average molecular weight is 456 g/mol. The van der Waals surface area contributed by atoms with Crippen LogP contribution in [0.1, 0.15) is 22.8 Å². The summed E-state index contributed by atoms with van der Waals surface area (Å²) in [6.45, 7) is 3.44. The smallest absolute Gasteiger partial charge is 0.230 e. The maximum atomic E-state index is 8.74. The van der Waals surface area contributed by atoms with Crippen LogP contribution in [-0.2, 0) is 23.0 Å². The van der Waals surface area contributed by atoms with Crippen LogP contribution in [0.3, 0.4) is 0 Å². The second kappa shape index (κ2) is 11.2. The molecule has 0 aliphatic heterocycles. The average Bonchev–Trinajstić information content (AvgIpc) is 2.77. The van der Waals surface area contributed by atoms with Gasteiger partial charge in [-0.05, 0) is 37.1 Å². The zero-order chi connectivity index (χ0) is 23.8. The standard InChI is InChI=1S/C21H24N6O6/c1-12-22-13(2)24-21(23-12)25-17-8-20(31-4)18(9-19(17)30-3)27-26-16-6-14(10-32-28)5-15(7-16)11-33-29/h5-9,28-29H,10-11H2,1-4H3,(H,22,23,24,25). The first-order chi connectivity index (χ1) is 15.9. The molecule has 174 valence electrons. The maximum absolute atomic E-state index is 8.74. The number of rotatable bonds is 10. The summed E-state index contributed by atoms with van der Waals surface area (Å²) in [6, 6.07) is 8.39. The second-order valence-electron chi connectivity index (χ2n) is 6.86. The Labute approximate surface area is 189 Å². The first-order valence-corrected chi connectivity index (χ1v) is 9.75. The fourth-order valence-corrected chi connectivity index (χ4v) is 3.08. The van der Waals surface area contributed by atoms with Gasteiger partial charge in [0.05, 0.1) is 25.6 Å². The van der Waals surface area contributed by atoms with Gasteiger partial charge in [-0.1, -0.05) is 6.07 Å². The molecule has 3 N–H and O–H groups in total. The van der Waals surface area contributed by atoms with E-state index >= 15 is 0 Å². The number of hydrogen-bond acceptors (Lipinski definition) is 12. The number of aromatic nitrogens is 3. The van der Waals surface area contributed by atoms with Gasteiger partial charge in [-0.2, -0.15) is 15.1 Å². The summed E-state index contributed by atoms with van der Waals surface area (Å²) in [5, 5.41) is 29.1. The Kier molecular flexibility index (Phi) is 8.16. The van der Waals surface area contributed by atoms with Gasteiger partial charge in [0, 0.05) is 12.1 Å². The zero-order valence-electron chi connectivity index (χ0n) is 18.6. The second-order valence-corrected chi connectivity index (χ2v) is 6.86. The molecule has 1 aromatic heterocycles. The topological polar surface area (TPSA) is 153 Å². The number of anilines is 2. The van der Waals surface area contributed by atoms with Crippen molar-refractivity contribution in [1.82, 2.24) is 15.0 Å². The number of ether oxygens (including phenoxy) is 2. The molecule has 0 radical (unpaired) electrons.